The lowest BCUT2D eigenvalue weighted by Crippen LogP contribution is -1.96. The number of benzene rings is 2. The van der Waals surface area contributed by atoms with Gasteiger partial charge in [0.05, 0.1) is 4.47 Å². The number of hydrogen-bond acceptors (Lipinski definition) is 1. The van der Waals surface area contributed by atoms with Gasteiger partial charge in [-0.3, -0.25) is 0 Å². The van der Waals surface area contributed by atoms with Crippen molar-refractivity contribution in [3.8, 4) is 5.75 Å². The summed E-state index contributed by atoms with van der Waals surface area (Å²) in [5.74, 6) is 0.340. The van der Waals surface area contributed by atoms with Crippen LogP contribution < -0.4 is 4.74 Å². The summed E-state index contributed by atoms with van der Waals surface area (Å²) >= 11 is 6.57. The Labute approximate surface area is 116 Å². The monoisotopic (exact) mass is 358 g/mol. The third kappa shape index (κ3) is 3.30. The van der Waals surface area contributed by atoms with Gasteiger partial charge in [0.15, 0.2) is 0 Å². The number of halogens is 3. The van der Waals surface area contributed by atoms with E-state index in [1.54, 1.807) is 12.1 Å². The van der Waals surface area contributed by atoms with Crippen molar-refractivity contribution in [2.45, 2.75) is 6.61 Å². The summed E-state index contributed by atoms with van der Waals surface area (Å²) in [5, 5.41) is 0. The molecule has 0 N–H and O–H groups in total. The van der Waals surface area contributed by atoms with Crippen LogP contribution in [0.3, 0.4) is 0 Å². The fourth-order valence-electron chi connectivity index (χ4n) is 1.34. The normalized spacial score (nSPS) is 10.3. The van der Waals surface area contributed by atoms with Gasteiger partial charge in [-0.2, -0.15) is 0 Å². The molecule has 0 fully saturated rings. The topological polar surface area (TPSA) is 9.23 Å². The zero-order valence-electron chi connectivity index (χ0n) is 8.79. The third-order valence-electron chi connectivity index (χ3n) is 2.24. The minimum absolute atomic E-state index is 0.293. The van der Waals surface area contributed by atoms with Crippen molar-refractivity contribution >= 4 is 31.9 Å². The molecule has 0 amide bonds. The molecule has 0 aromatic heterocycles. The molecule has 0 bridgehead atoms. The second-order valence-corrected chi connectivity index (χ2v) is 5.16. The molecule has 4 heteroatoms. The smallest absolute Gasteiger partial charge is 0.137 e. The molecule has 0 unspecified atom stereocenters. The van der Waals surface area contributed by atoms with Crippen LogP contribution in [0.4, 0.5) is 4.39 Å². The van der Waals surface area contributed by atoms with Crippen LogP contribution in [0.15, 0.2) is 51.4 Å². The Morgan fingerprint density at radius 1 is 1.00 bits per heavy atom. The van der Waals surface area contributed by atoms with Crippen molar-refractivity contribution in [3.05, 3.63) is 62.8 Å². The second-order valence-electron chi connectivity index (χ2n) is 3.46. The molecular formula is C13H9Br2FO. The molecule has 1 nitrogen and oxygen atoms in total. The van der Waals surface area contributed by atoms with Gasteiger partial charge in [-0.05, 0) is 40.2 Å². The molecule has 0 radical (unpaired) electrons. The van der Waals surface area contributed by atoms with Gasteiger partial charge in [-0.25, -0.2) is 4.39 Å². The zero-order valence-corrected chi connectivity index (χ0v) is 12.0. The van der Waals surface area contributed by atoms with Crippen LogP contribution in [0.25, 0.3) is 0 Å². The van der Waals surface area contributed by atoms with Gasteiger partial charge in [-0.15, -0.1) is 0 Å². The zero-order chi connectivity index (χ0) is 12.3. The minimum atomic E-state index is -0.293. The number of rotatable bonds is 3. The summed E-state index contributed by atoms with van der Waals surface area (Å²) in [6.07, 6.45) is 0. The maximum absolute atomic E-state index is 13.0. The van der Waals surface area contributed by atoms with Crippen molar-refractivity contribution < 1.29 is 9.13 Å². The first-order valence-corrected chi connectivity index (χ1v) is 6.56. The average molecular weight is 360 g/mol. The van der Waals surface area contributed by atoms with Gasteiger partial charge in [0, 0.05) is 10.0 Å². The van der Waals surface area contributed by atoms with Gasteiger partial charge in [-0.1, -0.05) is 34.1 Å². The predicted molar refractivity (Wildman–Crippen MR) is 72.6 cm³/mol. The fourth-order valence-corrected chi connectivity index (χ4v) is 2.10. The van der Waals surface area contributed by atoms with Gasteiger partial charge in [0.25, 0.3) is 0 Å². The summed E-state index contributed by atoms with van der Waals surface area (Å²) in [4.78, 5) is 0. The molecule has 0 spiro atoms. The van der Waals surface area contributed by atoms with Crippen LogP contribution in [0.2, 0.25) is 0 Å². The molecule has 88 valence electrons. The molecule has 0 saturated heterocycles. The van der Waals surface area contributed by atoms with Crippen molar-refractivity contribution in [1.82, 2.24) is 0 Å². The molecule has 0 atom stereocenters. The minimum Gasteiger partial charge on any atom is -0.489 e. The van der Waals surface area contributed by atoms with E-state index in [0.29, 0.717) is 16.8 Å². The molecule has 0 aliphatic carbocycles. The van der Waals surface area contributed by atoms with Gasteiger partial charge in [0.2, 0.25) is 0 Å². The molecule has 0 saturated carbocycles. The maximum Gasteiger partial charge on any atom is 0.137 e. The maximum atomic E-state index is 13.0. The van der Waals surface area contributed by atoms with E-state index < -0.39 is 0 Å². The molecule has 0 aliphatic rings. The predicted octanol–water partition coefficient (Wildman–Crippen LogP) is 4.93. The second kappa shape index (κ2) is 5.65. The Bertz CT molecular complexity index is 529. The summed E-state index contributed by atoms with van der Waals surface area (Å²) in [6, 6.07) is 12.4. The lowest BCUT2D eigenvalue weighted by atomic mass is 10.2. The lowest BCUT2D eigenvalue weighted by molar-refractivity contribution is 0.304. The summed E-state index contributed by atoms with van der Waals surface area (Å²) in [5.41, 5.74) is 1.05. The van der Waals surface area contributed by atoms with E-state index in [0.717, 1.165) is 10.0 Å². The molecule has 0 heterocycles. The van der Waals surface area contributed by atoms with Crippen molar-refractivity contribution in [2.75, 3.05) is 0 Å². The third-order valence-corrected chi connectivity index (χ3v) is 3.62. The quantitative estimate of drug-likeness (QED) is 0.754. The molecule has 2 aromatic rings. The van der Waals surface area contributed by atoms with E-state index >= 15 is 0 Å². The fraction of sp³-hybridized carbons (Fsp3) is 0.0769. The van der Waals surface area contributed by atoms with E-state index in [1.807, 2.05) is 24.3 Å². The highest BCUT2D eigenvalue weighted by atomic mass is 79.9. The summed E-state index contributed by atoms with van der Waals surface area (Å²) < 4.78 is 20.0. The molecule has 2 rings (SSSR count). The summed E-state index contributed by atoms with van der Waals surface area (Å²) in [7, 11) is 0. The van der Waals surface area contributed by atoms with E-state index in [2.05, 4.69) is 31.9 Å². The van der Waals surface area contributed by atoms with Crippen LogP contribution in [0, 0.1) is 5.82 Å². The highest BCUT2D eigenvalue weighted by molar-refractivity contribution is 9.10. The Morgan fingerprint density at radius 3 is 2.47 bits per heavy atom. The van der Waals surface area contributed by atoms with Crippen LogP contribution in [-0.4, -0.2) is 0 Å². The van der Waals surface area contributed by atoms with Crippen molar-refractivity contribution in [1.29, 1.82) is 0 Å². The summed E-state index contributed by atoms with van der Waals surface area (Å²) in [6.45, 7) is 0.444. The standard InChI is InChI=1S/C13H9Br2FO/c14-11-4-2-1-3-9(11)8-17-10-5-6-13(16)12(15)7-10/h1-7H,8H2. The van der Waals surface area contributed by atoms with Crippen LogP contribution in [0.5, 0.6) is 5.75 Å². The highest BCUT2D eigenvalue weighted by Gasteiger charge is 2.03. The Kier molecular flexibility index (Phi) is 4.18. The number of hydrogen-bond donors (Lipinski definition) is 0. The first kappa shape index (κ1) is 12.6. The van der Waals surface area contributed by atoms with Crippen LogP contribution >= 0.6 is 31.9 Å². The van der Waals surface area contributed by atoms with Gasteiger partial charge < -0.3 is 4.74 Å². The van der Waals surface area contributed by atoms with Crippen LogP contribution in [-0.2, 0) is 6.61 Å². The van der Waals surface area contributed by atoms with E-state index in [-0.39, 0.29) is 5.82 Å². The first-order valence-electron chi connectivity index (χ1n) is 4.98. The SMILES string of the molecule is Fc1ccc(OCc2ccccc2Br)cc1Br. The molecular weight excluding hydrogens is 351 g/mol. The lowest BCUT2D eigenvalue weighted by Gasteiger charge is -2.08. The molecule has 0 aliphatic heterocycles. The molecule has 17 heavy (non-hydrogen) atoms. The van der Waals surface area contributed by atoms with Crippen LogP contribution in [0.1, 0.15) is 5.56 Å². The van der Waals surface area contributed by atoms with Crippen molar-refractivity contribution in [3.63, 3.8) is 0 Å². The van der Waals surface area contributed by atoms with Crippen molar-refractivity contribution in [2.24, 2.45) is 0 Å². The van der Waals surface area contributed by atoms with E-state index in [4.69, 9.17) is 4.74 Å². The van der Waals surface area contributed by atoms with E-state index in [1.165, 1.54) is 6.07 Å². The van der Waals surface area contributed by atoms with Gasteiger partial charge in [0.1, 0.15) is 18.2 Å². The average Bonchev–Trinajstić information content (AvgIpc) is 2.32. The first-order chi connectivity index (χ1) is 8.16. The Hall–Kier alpha value is -0.870. The highest BCUT2D eigenvalue weighted by Crippen LogP contribution is 2.23. The number of ether oxygens (including phenoxy) is 1. The largest absolute Gasteiger partial charge is 0.489 e. The van der Waals surface area contributed by atoms with E-state index in [9.17, 15) is 4.39 Å². The Morgan fingerprint density at radius 2 is 1.76 bits per heavy atom. The van der Waals surface area contributed by atoms with Gasteiger partial charge >= 0.3 is 0 Å². The molecule has 2 aromatic carbocycles. The Balaban J connectivity index is 2.08.